The van der Waals surface area contributed by atoms with E-state index in [4.69, 9.17) is 4.74 Å². The van der Waals surface area contributed by atoms with E-state index in [0.717, 1.165) is 19.5 Å². The monoisotopic (exact) mass is 520 g/mol. The first-order valence-electron chi connectivity index (χ1n) is 10.7. The molecule has 1 amide bonds. The molecule has 0 spiro atoms. The Morgan fingerprint density at radius 2 is 1.83 bits per heavy atom. The maximum atomic E-state index is 12.6. The Labute approximate surface area is 208 Å². The fraction of sp³-hybridized carbons (Fsp3) is 0.364. The highest BCUT2D eigenvalue weighted by molar-refractivity contribution is 7.89. The molecule has 2 aromatic carbocycles. The van der Waals surface area contributed by atoms with Crippen LogP contribution in [0.2, 0.25) is 0 Å². The lowest BCUT2D eigenvalue weighted by Crippen LogP contribution is -2.31. The predicted molar refractivity (Wildman–Crippen MR) is 132 cm³/mol. The number of amides is 1. The van der Waals surface area contributed by atoms with Gasteiger partial charge in [-0.05, 0) is 64.3 Å². The van der Waals surface area contributed by atoms with Crippen LogP contribution in [0.3, 0.4) is 0 Å². The van der Waals surface area contributed by atoms with Crippen LogP contribution in [0.1, 0.15) is 13.3 Å². The molecule has 0 saturated heterocycles. The molecular formula is C22H28N6O7S. The van der Waals surface area contributed by atoms with Crippen molar-refractivity contribution in [2.45, 2.75) is 24.3 Å². The minimum atomic E-state index is -3.71. The summed E-state index contributed by atoms with van der Waals surface area (Å²) in [4.78, 5) is 37.0. The number of azo groups is 1. The van der Waals surface area contributed by atoms with E-state index in [-0.39, 0.29) is 34.3 Å². The molecule has 1 atom stereocenters. The van der Waals surface area contributed by atoms with Crippen LogP contribution in [0.15, 0.2) is 57.6 Å². The van der Waals surface area contributed by atoms with Gasteiger partial charge in [0.05, 0.1) is 23.0 Å². The van der Waals surface area contributed by atoms with E-state index >= 15 is 0 Å². The summed E-state index contributed by atoms with van der Waals surface area (Å²) < 4.78 is 32.4. The minimum Gasteiger partial charge on any atom is -0.494 e. The van der Waals surface area contributed by atoms with Gasteiger partial charge in [0.15, 0.2) is 11.5 Å². The number of hydrogen-bond donors (Lipinski definition) is 2. The molecule has 0 bridgehead atoms. The number of carbonyl (C=O) groups is 2. The summed E-state index contributed by atoms with van der Waals surface area (Å²) in [6.07, 6.45) is 0.646. The molecular weight excluding hydrogens is 492 g/mol. The van der Waals surface area contributed by atoms with Gasteiger partial charge in [0, 0.05) is 18.3 Å². The molecule has 2 aromatic rings. The molecule has 194 valence electrons. The lowest BCUT2D eigenvalue weighted by molar-refractivity contribution is -0.384. The van der Waals surface area contributed by atoms with Gasteiger partial charge in [0.25, 0.3) is 11.6 Å². The largest absolute Gasteiger partial charge is 0.494 e. The summed E-state index contributed by atoms with van der Waals surface area (Å²) in [5, 5.41) is 21.1. The van der Waals surface area contributed by atoms with Crippen molar-refractivity contribution in [2.24, 2.45) is 10.2 Å². The highest BCUT2D eigenvalue weighted by Gasteiger charge is 2.24. The van der Waals surface area contributed by atoms with Gasteiger partial charge in [-0.3, -0.25) is 19.7 Å². The number of benzene rings is 2. The Bertz CT molecular complexity index is 1230. The molecule has 1 unspecified atom stereocenters. The number of nitro benzene ring substituents is 1. The van der Waals surface area contributed by atoms with Crippen molar-refractivity contribution in [3.63, 3.8) is 0 Å². The van der Waals surface area contributed by atoms with Crippen molar-refractivity contribution < 1.29 is 27.7 Å². The summed E-state index contributed by atoms with van der Waals surface area (Å²) in [5.74, 6) is -1.34. The molecule has 14 heteroatoms. The zero-order valence-corrected chi connectivity index (χ0v) is 21.1. The summed E-state index contributed by atoms with van der Waals surface area (Å²) in [6.45, 7) is 2.18. The number of non-ortho nitro benzene ring substituents is 1. The van der Waals surface area contributed by atoms with E-state index in [2.05, 4.69) is 20.3 Å². The van der Waals surface area contributed by atoms with E-state index in [9.17, 15) is 28.1 Å². The number of carbonyl (C=O) groups excluding carboxylic acids is 2. The van der Waals surface area contributed by atoms with Crippen LogP contribution in [-0.4, -0.2) is 70.3 Å². The van der Waals surface area contributed by atoms with Crippen molar-refractivity contribution >= 4 is 38.8 Å². The molecule has 13 nitrogen and oxygen atoms in total. The number of sulfonamides is 1. The number of methoxy groups -OCH3 is 1. The first kappa shape index (κ1) is 28.5. The van der Waals surface area contributed by atoms with Gasteiger partial charge in [-0.15, -0.1) is 0 Å². The smallest absolute Gasteiger partial charge is 0.273 e. The molecule has 0 aliphatic rings. The van der Waals surface area contributed by atoms with Gasteiger partial charge in [-0.2, -0.15) is 10.2 Å². The number of nitro groups is 1. The Morgan fingerprint density at radius 1 is 1.17 bits per heavy atom. The van der Waals surface area contributed by atoms with Crippen LogP contribution >= 0.6 is 0 Å². The van der Waals surface area contributed by atoms with E-state index in [1.165, 1.54) is 43.5 Å². The van der Waals surface area contributed by atoms with Gasteiger partial charge < -0.3 is 15.0 Å². The van der Waals surface area contributed by atoms with Crippen molar-refractivity contribution in [1.29, 1.82) is 0 Å². The maximum absolute atomic E-state index is 12.6. The fourth-order valence-corrected chi connectivity index (χ4v) is 3.99. The topological polar surface area (TPSA) is 173 Å². The molecule has 2 N–H and O–H groups in total. The summed E-state index contributed by atoms with van der Waals surface area (Å²) >= 11 is 0. The van der Waals surface area contributed by atoms with Gasteiger partial charge in [0.2, 0.25) is 16.1 Å². The molecule has 0 heterocycles. The number of anilines is 1. The number of nitrogens with one attached hydrogen (secondary N) is 2. The highest BCUT2D eigenvalue weighted by Crippen LogP contribution is 2.31. The average Bonchev–Trinajstić information content (AvgIpc) is 2.82. The van der Waals surface area contributed by atoms with Gasteiger partial charge in [0.1, 0.15) is 5.69 Å². The van der Waals surface area contributed by atoms with Gasteiger partial charge in [-0.1, -0.05) is 0 Å². The number of ether oxygens (including phenoxy) is 1. The SMILES string of the molecule is COc1cc([N+](=O)[O-])ccc1N=NC(C(C)=O)C(=O)Nc1ccc(S(=O)(=O)NCCCN(C)C)cc1. The maximum Gasteiger partial charge on any atom is 0.273 e. The van der Waals surface area contributed by atoms with E-state index < -0.39 is 32.7 Å². The van der Waals surface area contributed by atoms with Crippen LogP contribution in [0.25, 0.3) is 0 Å². The first-order valence-corrected chi connectivity index (χ1v) is 12.2. The number of Topliss-reactive ketones (excluding diaryl/α,β-unsaturated/α-hetero) is 1. The van der Waals surface area contributed by atoms with Crippen molar-refractivity contribution in [2.75, 3.05) is 39.6 Å². The highest BCUT2D eigenvalue weighted by atomic mass is 32.2. The molecule has 0 aliphatic carbocycles. The van der Waals surface area contributed by atoms with Crippen molar-refractivity contribution in [3.05, 3.63) is 52.6 Å². The van der Waals surface area contributed by atoms with Gasteiger partial charge >= 0.3 is 0 Å². The summed E-state index contributed by atoms with van der Waals surface area (Å²) in [7, 11) is 1.37. The molecule has 0 fully saturated rings. The molecule has 0 aliphatic heterocycles. The Balaban J connectivity index is 2.10. The third-order valence-electron chi connectivity index (χ3n) is 4.79. The lowest BCUT2D eigenvalue weighted by atomic mass is 10.2. The van der Waals surface area contributed by atoms with Crippen molar-refractivity contribution in [1.82, 2.24) is 9.62 Å². The third kappa shape index (κ3) is 8.18. The van der Waals surface area contributed by atoms with Crippen LogP contribution in [0.4, 0.5) is 17.1 Å². The van der Waals surface area contributed by atoms with Crippen LogP contribution in [0, 0.1) is 10.1 Å². The third-order valence-corrected chi connectivity index (χ3v) is 6.27. The van der Waals surface area contributed by atoms with Crippen LogP contribution < -0.4 is 14.8 Å². The van der Waals surface area contributed by atoms with Crippen LogP contribution in [0.5, 0.6) is 5.75 Å². The normalized spacial score (nSPS) is 12.5. The number of ketones is 1. The van der Waals surface area contributed by atoms with Gasteiger partial charge in [-0.25, -0.2) is 13.1 Å². The van der Waals surface area contributed by atoms with E-state index in [0.29, 0.717) is 6.42 Å². The fourth-order valence-electron chi connectivity index (χ4n) is 2.91. The Kier molecular flexibility index (Phi) is 10.1. The predicted octanol–water partition coefficient (Wildman–Crippen LogP) is 2.51. The lowest BCUT2D eigenvalue weighted by Gasteiger charge is -2.12. The average molecular weight is 521 g/mol. The second kappa shape index (κ2) is 12.8. The number of rotatable bonds is 13. The Morgan fingerprint density at radius 3 is 2.39 bits per heavy atom. The second-order valence-electron chi connectivity index (χ2n) is 7.91. The zero-order valence-electron chi connectivity index (χ0n) is 20.3. The molecule has 2 rings (SSSR count). The molecule has 0 saturated carbocycles. The van der Waals surface area contributed by atoms with Crippen LogP contribution in [-0.2, 0) is 19.6 Å². The molecule has 0 radical (unpaired) electrons. The standard InChI is InChI=1S/C22H28N6O7S/c1-15(29)21(26-25-19-11-8-17(28(31)32)14-20(19)35-4)22(30)24-16-6-9-18(10-7-16)36(33,34)23-12-5-13-27(2)3/h6-11,14,21,23H,5,12-13H2,1-4H3,(H,24,30). The minimum absolute atomic E-state index is 0.0263. The van der Waals surface area contributed by atoms with E-state index in [1.54, 1.807) is 0 Å². The first-order chi connectivity index (χ1) is 16.9. The number of hydrogen-bond acceptors (Lipinski definition) is 10. The van der Waals surface area contributed by atoms with E-state index in [1.807, 2.05) is 19.0 Å². The van der Waals surface area contributed by atoms with Crippen molar-refractivity contribution in [3.8, 4) is 5.75 Å². The Hall–Kier alpha value is -3.75. The second-order valence-corrected chi connectivity index (χ2v) is 9.68. The summed E-state index contributed by atoms with van der Waals surface area (Å²) in [6, 6.07) is 7.54. The quantitative estimate of drug-likeness (QED) is 0.133. The molecule has 0 aromatic heterocycles. The number of nitrogens with zero attached hydrogens (tertiary/aromatic N) is 4. The molecule has 36 heavy (non-hydrogen) atoms. The zero-order chi connectivity index (χ0) is 26.9. The summed E-state index contributed by atoms with van der Waals surface area (Å²) in [5.41, 5.74) is 0.122.